The topological polar surface area (TPSA) is 237 Å². The van der Waals surface area contributed by atoms with Crippen LogP contribution in [0.15, 0.2) is 0 Å². The Morgan fingerprint density at radius 1 is 0.299 bits per heavy atom. The number of ether oxygens (including phenoxy) is 4. The first kappa shape index (κ1) is 95.1. The molecule has 0 heterocycles. The van der Waals surface area contributed by atoms with Crippen LogP contribution in [0.5, 0.6) is 0 Å². The Morgan fingerprint density at radius 2 is 0.526 bits per heavy atom. The van der Waals surface area contributed by atoms with E-state index in [2.05, 4.69) is 48.5 Å². The molecule has 3 unspecified atom stereocenters. The zero-order valence-electron chi connectivity index (χ0n) is 63.5. The predicted octanol–water partition coefficient (Wildman–Crippen LogP) is 23.0. The summed E-state index contributed by atoms with van der Waals surface area (Å²) in [6, 6.07) is 0. The van der Waals surface area contributed by atoms with E-state index in [0.717, 1.165) is 108 Å². The van der Waals surface area contributed by atoms with E-state index in [0.29, 0.717) is 25.7 Å². The van der Waals surface area contributed by atoms with Crippen LogP contribution in [0.2, 0.25) is 0 Å². The van der Waals surface area contributed by atoms with Gasteiger partial charge in [0.1, 0.15) is 19.3 Å². The maximum atomic E-state index is 13.1. The molecule has 0 fully saturated rings. The van der Waals surface area contributed by atoms with Crippen LogP contribution in [0.3, 0.4) is 0 Å². The van der Waals surface area contributed by atoms with Crippen molar-refractivity contribution in [1.82, 2.24) is 0 Å². The van der Waals surface area contributed by atoms with E-state index < -0.39 is 97.5 Å². The van der Waals surface area contributed by atoms with Crippen molar-refractivity contribution in [2.45, 2.75) is 420 Å². The summed E-state index contributed by atoms with van der Waals surface area (Å²) < 4.78 is 68.5. The molecule has 0 amide bonds. The summed E-state index contributed by atoms with van der Waals surface area (Å²) >= 11 is 0. The number of phosphoric acid groups is 2. The Morgan fingerprint density at radius 3 is 0.784 bits per heavy atom. The molecular formula is C78H152O17P2. The predicted molar refractivity (Wildman–Crippen MR) is 395 cm³/mol. The van der Waals surface area contributed by atoms with Crippen LogP contribution < -0.4 is 0 Å². The van der Waals surface area contributed by atoms with Gasteiger partial charge in [-0.25, -0.2) is 9.13 Å². The average Bonchev–Trinajstić information content (AvgIpc) is 1.44. The molecule has 0 radical (unpaired) electrons. The zero-order chi connectivity index (χ0) is 71.6. The molecule has 6 atom stereocenters. The van der Waals surface area contributed by atoms with Crippen molar-refractivity contribution in [2.75, 3.05) is 39.6 Å². The van der Waals surface area contributed by atoms with E-state index in [1.54, 1.807) is 0 Å². The molecule has 0 aliphatic heterocycles. The number of carbonyl (C=O) groups is 4. The second kappa shape index (κ2) is 68.5. The number of esters is 4. The highest BCUT2D eigenvalue weighted by Gasteiger charge is 2.30. The minimum absolute atomic E-state index is 0.106. The zero-order valence-corrected chi connectivity index (χ0v) is 65.3. The van der Waals surface area contributed by atoms with Crippen LogP contribution in [0.4, 0.5) is 0 Å². The number of rotatable bonds is 76. The Hall–Kier alpha value is -1.94. The van der Waals surface area contributed by atoms with Crippen molar-refractivity contribution in [2.24, 2.45) is 17.8 Å². The number of carbonyl (C=O) groups excluding carboxylic acids is 4. The van der Waals surface area contributed by atoms with Crippen molar-refractivity contribution in [3.05, 3.63) is 0 Å². The minimum Gasteiger partial charge on any atom is -0.462 e. The van der Waals surface area contributed by atoms with Gasteiger partial charge in [-0.15, -0.1) is 0 Å². The largest absolute Gasteiger partial charge is 0.472 e. The maximum absolute atomic E-state index is 13.1. The maximum Gasteiger partial charge on any atom is 0.472 e. The lowest BCUT2D eigenvalue weighted by Gasteiger charge is -2.21. The fourth-order valence-electron chi connectivity index (χ4n) is 11.9. The summed E-state index contributed by atoms with van der Waals surface area (Å²) in [5.41, 5.74) is 0. The third-order valence-electron chi connectivity index (χ3n) is 18.5. The number of unbranched alkanes of at least 4 members (excludes halogenated alkanes) is 43. The highest BCUT2D eigenvalue weighted by molar-refractivity contribution is 7.47. The number of aliphatic hydroxyl groups excluding tert-OH is 1. The lowest BCUT2D eigenvalue weighted by molar-refractivity contribution is -0.161. The van der Waals surface area contributed by atoms with E-state index >= 15 is 0 Å². The molecule has 0 saturated heterocycles. The van der Waals surface area contributed by atoms with Gasteiger partial charge < -0.3 is 33.8 Å². The Kier molecular flexibility index (Phi) is 67.1. The van der Waals surface area contributed by atoms with Crippen LogP contribution in [-0.2, 0) is 65.4 Å². The standard InChI is InChI=1S/C78H152O17P2/c1-8-10-11-12-13-28-38-45-52-59-75(80)88-65-73(95-78(83)62-55-48-41-34-27-25-30-36-43-50-57-70(5)6)67-92-96(84,85)90-63-72(79)64-91-97(86,87)93-68-74(66-89-76(81)60-53-46-39-32-26-24-29-35-42-49-56-69(3)4)94-77(82)61-54-47-40-33-23-21-19-17-15-14-16-18-20-22-31-37-44-51-58-71(7)9-2/h69-74,79H,8-68H2,1-7H3,(H,84,85)(H,86,87)/t71?,72-,73+,74+/m0/s1. The number of hydrogen-bond acceptors (Lipinski definition) is 15. The Balaban J connectivity index is 5.19. The third kappa shape index (κ3) is 70.9. The summed E-state index contributed by atoms with van der Waals surface area (Å²) in [7, 11) is -9.91. The quantitative estimate of drug-likeness (QED) is 0.0222. The molecular weight excluding hydrogens is 1270 g/mol. The molecule has 0 bridgehead atoms. The van der Waals surface area contributed by atoms with Gasteiger partial charge in [-0.05, 0) is 43.4 Å². The van der Waals surface area contributed by atoms with E-state index in [-0.39, 0.29) is 25.7 Å². The van der Waals surface area contributed by atoms with Gasteiger partial charge in [0, 0.05) is 25.7 Å². The molecule has 0 aromatic heterocycles. The van der Waals surface area contributed by atoms with Gasteiger partial charge in [-0.2, -0.15) is 0 Å². The number of aliphatic hydroxyl groups is 1. The first-order chi connectivity index (χ1) is 46.8. The van der Waals surface area contributed by atoms with Gasteiger partial charge >= 0.3 is 39.5 Å². The smallest absolute Gasteiger partial charge is 0.462 e. The van der Waals surface area contributed by atoms with Gasteiger partial charge in [0.15, 0.2) is 12.2 Å². The van der Waals surface area contributed by atoms with Gasteiger partial charge in [-0.1, -0.05) is 350 Å². The summed E-state index contributed by atoms with van der Waals surface area (Å²) in [6.45, 7) is 11.9. The van der Waals surface area contributed by atoms with E-state index in [4.69, 9.17) is 37.0 Å². The van der Waals surface area contributed by atoms with Crippen LogP contribution in [0.1, 0.15) is 402 Å². The molecule has 19 heteroatoms. The molecule has 97 heavy (non-hydrogen) atoms. The van der Waals surface area contributed by atoms with Crippen LogP contribution in [0.25, 0.3) is 0 Å². The van der Waals surface area contributed by atoms with Crippen molar-refractivity contribution < 1.29 is 80.2 Å². The average molecular weight is 1420 g/mol. The fraction of sp³-hybridized carbons (Fsp3) is 0.949. The molecule has 0 rings (SSSR count). The molecule has 0 aliphatic rings. The lowest BCUT2D eigenvalue weighted by Crippen LogP contribution is -2.30. The lowest BCUT2D eigenvalue weighted by atomic mass is 9.99. The molecule has 0 saturated carbocycles. The summed E-state index contributed by atoms with van der Waals surface area (Å²) in [4.78, 5) is 72.8. The van der Waals surface area contributed by atoms with E-state index in [1.807, 2.05) is 0 Å². The summed E-state index contributed by atoms with van der Waals surface area (Å²) in [5.74, 6) is 0.265. The minimum atomic E-state index is -4.96. The molecule has 0 aromatic rings. The molecule has 0 spiro atoms. The van der Waals surface area contributed by atoms with Crippen LogP contribution in [0, 0.1) is 17.8 Å². The second-order valence-corrected chi connectivity index (χ2v) is 32.2. The van der Waals surface area contributed by atoms with Gasteiger partial charge in [-0.3, -0.25) is 37.3 Å². The first-order valence-corrected chi connectivity index (χ1v) is 43.4. The van der Waals surface area contributed by atoms with Crippen molar-refractivity contribution in [3.63, 3.8) is 0 Å². The van der Waals surface area contributed by atoms with Gasteiger partial charge in [0.25, 0.3) is 0 Å². The third-order valence-corrected chi connectivity index (χ3v) is 20.4. The van der Waals surface area contributed by atoms with Gasteiger partial charge in [0.2, 0.25) is 0 Å². The summed E-state index contributed by atoms with van der Waals surface area (Å²) in [5, 5.41) is 10.6. The van der Waals surface area contributed by atoms with Crippen LogP contribution in [-0.4, -0.2) is 96.7 Å². The highest BCUT2D eigenvalue weighted by Crippen LogP contribution is 2.45. The molecule has 0 aromatic carbocycles. The summed E-state index contributed by atoms with van der Waals surface area (Å²) in [6.07, 6.45) is 55.5. The highest BCUT2D eigenvalue weighted by atomic mass is 31.2. The monoisotopic (exact) mass is 1420 g/mol. The Bertz CT molecular complexity index is 1890. The van der Waals surface area contributed by atoms with E-state index in [9.17, 15) is 43.2 Å². The normalized spacial score (nSPS) is 14.3. The Labute approximate surface area is 594 Å². The molecule has 3 N–H and O–H groups in total. The van der Waals surface area contributed by atoms with Gasteiger partial charge in [0.05, 0.1) is 26.4 Å². The van der Waals surface area contributed by atoms with Crippen molar-refractivity contribution in [1.29, 1.82) is 0 Å². The SMILES string of the molecule is CCCCCCCCCCCC(=O)OC[C@H](COP(=O)(O)OC[C@H](O)COP(=O)(O)OC[C@@H](COC(=O)CCCCCCCCCCCCC(C)C)OC(=O)CCCCCCCCCCCCCCCCCCCCC(C)CC)OC(=O)CCCCCCCCCCCCC(C)C. The molecule has 576 valence electrons. The number of phosphoric ester groups is 2. The first-order valence-electron chi connectivity index (χ1n) is 40.4. The molecule has 17 nitrogen and oxygen atoms in total. The second-order valence-electron chi connectivity index (χ2n) is 29.3. The molecule has 0 aliphatic carbocycles. The van der Waals surface area contributed by atoms with Crippen molar-refractivity contribution >= 4 is 39.5 Å². The van der Waals surface area contributed by atoms with E-state index in [1.165, 1.54) is 212 Å². The van der Waals surface area contributed by atoms with Crippen molar-refractivity contribution in [3.8, 4) is 0 Å². The van der Waals surface area contributed by atoms with Crippen LogP contribution >= 0.6 is 15.6 Å². The fourth-order valence-corrected chi connectivity index (χ4v) is 13.5. The number of hydrogen-bond donors (Lipinski definition) is 3.